The molecule has 0 aliphatic heterocycles. The van der Waals surface area contributed by atoms with Crippen molar-refractivity contribution in [1.82, 2.24) is 14.8 Å². The summed E-state index contributed by atoms with van der Waals surface area (Å²) < 4.78 is 7.24. The van der Waals surface area contributed by atoms with E-state index in [1.165, 1.54) is 0 Å². The molecule has 6 nitrogen and oxygen atoms in total. The third-order valence-electron chi connectivity index (χ3n) is 4.27. The van der Waals surface area contributed by atoms with E-state index in [1.807, 2.05) is 79.9 Å². The van der Waals surface area contributed by atoms with Crippen molar-refractivity contribution < 1.29 is 9.53 Å². The molecule has 0 bridgehead atoms. The van der Waals surface area contributed by atoms with E-state index in [9.17, 15) is 4.79 Å². The number of hydrogen-bond donors (Lipinski definition) is 1. The summed E-state index contributed by atoms with van der Waals surface area (Å²) in [7, 11) is 0. The fraction of sp³-hybridized carbons (Fsp3) is 0.136. The molecule has 0 aliphatic carbocycles. The monoisotopic (exact) mass is 404 g/mol. The molecule has 0 spiro atoms. The summed E-state index contributed by atoms with van der Waals surface area (Å²) in [5.41, 5.74) is 3.19. The van der Waals surface area contributed by atoms with E-state index in [1.54, 1.807) is 16.0 Å². The molecule has 0 saturated carbocycles. The number of nitrogens with one attached hydrogen (secondary N) is 1. The molecule has 29 heavy (non-hydrogen) atoms. The Hall–Kier alpha value is -3.45. The summed E-state index contributed by atoms with van der Waals surface area (Å²) in [6, 6.07) is 19.3. The maximum absolute atomic E-state index is 12.6. The van der Waals surface area contributed by atoms with Crippen molar-refractivity contribution in [3.8, 4) is 22.4 Å². The molecule has 0 saturated heterocycles. The van der Waals surface area contributed by atoms with Gasteiger partial charge in [0.1, 0.15) is 0 Å². The van der Waals surface area contributed by atoms with Gasteiger partial charge in [-0.25, -0.2) is 4.68 Å². The molecule has 0 radical (unpaired) electrons. The van der Waals surface area contributed by atoms with Crippen LogP contribution in [0, 0.1) is 6.92 Å². The van der Waals surface area contributed by atoms with Crippen molar-refractivity contribution in [1.29, 1.82) is 0 Å². The highest BCUT2D eigenvalue weighted by molar-refractivity contribution is 7.13. The molecule has 0 atom stereocenters. The Kier molecular flexibility index (Phi) is 5.39. The molecule has 2 heterocycles. The van der Waals surface area contributed by atoms with Crippen LogP contribution in [0.4, 0.5) is 5.69 Å². The predicted octanol–water partition coefficient (Wildman–Crippen LogP) is 4.96. The quantitative estimate of drug-likeness (QED) is 0.493. The third-order valence-corrected chi connectivity index (χ3v) is 5.13. The van der Waals surface area contributed by atoms with Crippen LogP contribution in [0.15, 0.2) is 66.0 Å². The molecule has 2 aromatic carbocycles. The second-order valence-corrected chi connectivity index (χ2v) is 7.36. The van der Waals surface area contributed by atoms with Gasteiger partial charge in [-0.15, -0.1) is 16.4 Å². The largest absolute Gasteiger partial charge is 0.463 e. The van der Waals surface area contributed by atoms with E-state index in [0.29, 0.717) is 29.7 Å². The van der Waals surface area contributed by atoms with Crippen LogP contribution in [-0.4, -0.2) is 27.3 Å². The maximum atomic E-state index is 12.6. The highest BCUT2D eigenvalue weighted by Crippen LogP contribution is 2.28. The number of benzene rings is 2. The lowest BCUT2D eigenvalue weighted by Crippen LogP contribution is -2.12. The van der Waals surface area contributed by atoms with Gasteiger partial charge >= 0.3 is 6.01 Å². The van der Waals surface area contributed by atoms with E-state index < -0.39 is 0 Å². The lowest BCUT2D eigenvalue weighted by molar-refractivity contribution is 0.102. The molecule has 146 valence electrons. The number of thiophene rings is 1. The first-order chi connectivity index (χ1) is 14.1. The van der Waals surface area contributed by atoms with E-state index in [0.717, 1.165) is 16.1 Å². The van der Waals surface area contributed by atoms with Crippen LogP contribution in [0.2, 0.25) is 0 Å². The number of amides is 1. The lowest BCUT2D eigenvalue weighted by atomic mass is 10.1. The summed E-state index contributed by atoms with van der Waals surface area (Å²) in [5.74, 6) is 0.541. The van der Waals surface area contributed by atoms with Gasteiger partial charge in [0.15, 0.2) is 5.82 Å². The molecular formula is C22H20N4O2S. The molecule has 2 aromatic heterocycles. The minimum Gasteiger partial charge on any atom is -0.463 e. The Labute approximate surface area is 172 Å². The minimum atomic E-state index is -0.158. The average molecular weight is 404 g/mol. The van der Waals surface area contributed by atoms with Gasteiger partial charge in [0, 0.05) is 11.3 Å². The fourth-order valence-electron chi connectivity index (χ4n) is 2.85. The van der Waals surface area contributed by atoms with Crippen molar-refractivity contribution in [3.05, 3.63) is 77.2 Å². The van der Waals surface area contributed by atoms with Crippen molar-refractivity contribution in [2.24, 2.45) is 0 Å². The maximum Gasteiger partial charge on any atom is 0.336 e. The predicted molar refractivity (Wildman–Crippen MR) is 115 cm³/mol. The van der Waals surface area contributed by atoms with E-state index in [-0.39, 0.29) is 5.91 Å². The van der Waals surface area contributed by atoms with Crippen LogP contribution < -0.4 is 10.1 Å². The number of ether oxygens (including phenoxy) is 1. The van der Waals surface area contributed by atoms with Crippen LogP contribution in [0.25, 0.3) is 16.4 Å². The Morgan fingerprint density at radius 3 is 2.69 bits per heavy atom. The van der Waals surface area contributed by atoms with Crippen molar-refractivity contribution in [2.45, 2.75) is 13.8 Å². The number of aryl methyl sites for hydroxylation is 1. The van der Waals surface area contributed by atoms with Gasteiger partial charge in [-0.05, 0) is 55.6 Å². The van der Waals surface area contributed by atoms with Gasteiger partial charge in [0.05, 0.1) is 17.2 Å². The van der Waals surface area contributed by atoms with Gasteiger partial charge in [0.25, 0.3) is 5.91 Å². The van der Waals surface area contributed by atoms with Gasteiger partial charge in [0.2, 0.25) is 0 Å². The Bertz CT molecular complexity index is 1120. The summed E-state index contributed by atoms with van der Waals surface area (Å²) >= 11 is 1.58. The number of anilines is 1. The van der Waals surface area contributed by atoms with Crippen molar-refractivity contribution in [2.75, 3.05) is 11.9 Å². The Balaban J connectivity index is 1.65. The number of carbonyl (C=O) groups is 1. The normalized spacial score (nSPS) is 10.7. The molecule has 7 heteroatoms. The molecule has 1 amide bonds. The van der Waals surface area contributed by atoms with Crippen molar-refractivity contribution in [3.63, 3.8) is 0 Å². The van der Waals surface area contributed by atoms with Crippen LogP contribution in [0.3, 0.4) is 0 Å². The minimum absolute atomic E-state index is 0.158. The van der Waals surface area contributed by atoms with Crippen LogP contribution >= 0.6 is 11.3 Å². The first kappa shape index (κ1) is 18.9. The first-order valence-electron chi connectivity index (χ1n) is 9.26. The number of aromatic nitrogens is 3. The highest BCUT2D eigenvalue weighted by atomic mass is 32.1. The number of carbonyl (C=O) groups excluding carboxylic acids is 1. The highest BCUT2D eigenvalue weighted by Gasteiger charge is 2.16. The average Bonchev–Trinajstić information content (AvgIpc) is 3.39. The molecular weight excluding hydrogens is 384 g/mol. The smallest absolute Gasteiger partial charge is 0.336 e. The topological polar surface area (TPSA) is 69.0 Å². The second kappa shape index (κ2) is 8.28. The molecule has 4 rings (SSSR count). The second-order valence-electron chi connectivity index (χ2n) is 6.41. The zero-order valence-corrected chi connectivity index (χ0v) is 16.9. The molecule has 0 aliphatic rings. The summed E-state index contributed by atoms with van der Waals surface area (Å²) in [6.07, 6.45) is 0. The third kappa shape index (κ3) is 4.20. The number of rotatable bonds is 6. The fourth-order valence-corrected chi connectivity index (χ4v) is 3.55. The lowest BCUT2D eigenvalue weighted by Gasteiger charge is -2.09. The Morgan fingerprint density at radius 2 is 1.97 bits per heavy atom. The van der Waals surface area contributed by atoms with Gasteiger partial charge in [-0.1, -0.05) is 29.8 Å². The van der Waals surface area contributed by atoms with E-state index in [4.69, 9.17) is 4.74 Å². The number of hydrogen-bond acceptors (Lipinski definition) is 5. The molecule has 1 N–H and O–H groups in total. The van der Waals surface area contributed by atoms with E-state index in [2.05, 4.69) is 15.4 Å². The van der Waals surface area contributed by atoms with Crippen LogP contribution in [0.1, 0.15) is 22.8 Å². The zero-order valence-electron chi connectivity index (χ0n) is 16.1. The molecule has 0 fully saturated rings. The Morgan fingerprint density at radius 1 is 1.14 bits per heavy atom. The van der Waals surface area contributed by atoms with Gasteiger partial charge in [-0.2, -0.15) is 4.98 Å². The van der Waals surface area contributed by atoms with Crippen LogP contribution in [0.5, 0.6) is 6.01 Å². The summed E-state index contributed by atoms with van der Waals surface area (Å²) in [4.78, 5) is 18.1. The SMILES string of the molecule is CCOc1nc(-c2cccs2)n(-c2cccc(NC(=O)c3ccc(C)cc3)c2)n1. The molecule has 0 unspecified atom stereocenters. The summed E-state index contributed by atoms with van der Waals surface area (Å²) in [6.45, 7) is 4.37. The standard InChI is InChI=1S/C22H20N4O2S/c1-3-28-22-24-20(19-8-5-13-29-19)26(25-22)18-7-4-6-17(14-18)23-21(27)16-11-9-15(2)10-12-16/h4-14H,3H2,1-2H3,(H,23,27). The van der Waals surface area contributed by atoms with Gasteiger partial charge in [-0.3, -0.25) is 4.79 Å². The molecule has 4 aromatic rings. The number of nitrogens with zero attached hydrogens (tertiary/aromatic N) is 3. The summed E-state index contributed by atoms with van der Waals surface area (Å²) in [5, 5.41) is 9.43. The van der Waals surface area contributed by atoms with Gasteiger partial charge < -0.3 is 10.1 Å². The zero-order chi connectivity index (χ0) is 20.2. The first-order valence-corrected chi connectivity index (χ1v) is 10.1. The van der Waals surface area contributed by atoms with E-state index >= 15 is 0 Å². The van der Waals surface area contributed by atoms with Crippen LogP contribution in [-0.2, 0) is 0 Å². The van der Waals surface area contributed by atoms with Crippen molar-refractivity contribution >= 4 is 22.9 Å².